The average Bonchev–Trinajstić information content (AvgIpc) is 3.60. The van der Waals surface area contributed by atoms with Crippen LogP contribution in [0.25, 0.3) is 11.2 Å². The van der Waals surface area contributed by atoms with Gasteiger partial charge < -0.3 is 24.5 Å². The lowest BCUT2D eigenvalue weighted by Crippen LogP contribution is -2.43. The van der Waals surface area contributed by atoms with Crippen LogP contribution in [0.3, 0.4) is 0 Å². The summed E-state index contributed by atoms with van der Waals surface area (Å²) in [6.07, 6.45) is 10.2. The summed E-state index contributed by atoms with van der Waals surface area (Å²) < 4.78 is 14.7. The van der Waals surface area contributed by atoms with Gasteiger partial charge in [0.05, 0.1) is 25.6 Å². The lowest BCUT2D eigenvalue weighted by Gasteiger charge is -2.41. The second kappa shape index (κ2) is 13.1. The maximum absolute atomic E-state index is 13.0. The van der Waals surface area contributed by atoms with Gasteiger partial charge in [0.1, 0.15) is 11.9 Å². The number of aromatic nitrogens is 4. The number of methoxy groups -OCH3 is 1. The van der Waals surface area contributed by atoms with Crippen molar-refractivity contribution in [1.29, 1.82) is 0 Å². The molecule has 9 nitrogen and oxygen atoms in total. The highest BCUT2D eigenvalue weighted by atomic mass is 16.5. The molecular formula is C39H35N5O4. The van der Waals surface area contributed by atoms with Gasteiger partial charge in [0, 0.05) is 5.56 Å². The lowest BCUT2D eigenvalue weighted by molar-refractivity contribution is -0.0264. The van der Waals surface area contributed by atoms with Crippen molar-refractivity contribution in [3.05, 3.63) is 156 Å². The molecule has 0 saturated heterocycles. The molecule has 0 radical (unpaired) electrons. The predicted molar refractivity (Wildman–Crippen MR) is 184 cm³/mol. The Hall–Kier alpha value is -5.80. The largest absolute Gasteiger partial charge is 0.504 e. The van der Waals surface area contributed by atoms with Gasteiger partial charge in [0.25, 0.3) is 5.91 Å². The van der Waals surface area contributed by atoms with Gasteiger partial charge in [-0.3, -0.25) is 4.79 Å². The number of carbonyl (C=O) groups is 1. The number of allylic oxidation sites excluding steroid dienone is 1. The number of amides is 1. The average molecular weight is 638 g/mol. The van der Waals surface area contributed by atoms with Crippen LogP contribution < -0.4 is 10.1 Å². The van der Waals surface area contributed by atoms with Crippen molar-refractivity contribution >= 4 is 22.9 Å². The number of benzene rings is 4. The number of aromatic hydroxyl groups is 1. The Bertz CT molecular complexity index is 2030. The molecule has 2 heterocycles. The van der Waals surface area contributed by atoms with Gasteiger partial charge in [-0.05, 0) is 60.2 Å². The third-order valence-corrected chi connectivity index (χ3v) is 8.97. The van der Waals surface area contributed by atoms with Crippen molar-refractivity contribution in [3.8, 4) is 11.5 Å². The fourth-order valence-electron chi connectivity index (χ4n) is 6.56. The summed E-state index contributed by atoms with van der Waals surface area (Å²) in [5, 5.41) is 13.9. The van der Waals surface area contributed by atoms with Crippen LogP contribution in [0.1, 0.15) is 46.3 Å². The molecule has 1 unspecified atom stereocenters. The Balaban J connectivity index is 1.34. The third kappa shape index (κ3) is 5.58. The van der Waals surface area contributed by atoms with E-state index >= 15 is 0 Å². The van der Waals surface area contributed by atoms with Crippen LogP contribution in [0.4, 0.5) is 5.82 Å². The number of imidazole rings is 1. The van der Waals surface area contributed by atoms with Crippen LogP contribution >= 0.6 is 0 Å². The molecular weight excluding hydrogens is 602 g/mol. The van der Waals surface area contributed by atoms with Gasteiger partial charge >= 0.3 is 0 Å². The van der Waals surface area contributed by atoms with Gasteiger partial charge in [-0.1, -0.05) is 97.1 Å². The van der Waals surface area contributed by atoms with Crippen LogP contribution in [0, 0.1) is 0 Å². The first kappa shape index (κ1) is 30.8. The van der Waals surface area contributed by atoms with E-state index in [2.05, 4.69) is 27.4 Å². The van der Waals surface area contributed by atoms with E-state index < -0.39 is 11.1 Å². The van der Waals surface area contributed by atoms with Crippen LogP contribution in [0.2, 0.25) is 0 Å². The maximum Gasteiger partial charge on any atom is 0.256 e. The van der Waals surface area contributed by atoms with Crippen LogP contribution in [0.15, 0.2) is 134 Å². The first-order valence-corrected chi connectivity index (χ1v) is 15.9. The summed E-state index contributed by atoms with van der Waals surface area (Å²) >= 11 is 0. The van der Waals surface area contributed by atoms with Gasteiger partial charge in [0.2, 0.25) is 0 Å². The zero-order chi connectivity index (χ0) is 33.0. The molecule has 1 aliphatic carbocycles. The summed E-state index contributed by atoms with van der Waals surface area (Å²) in [6.45, 7) is 0.237. The predicted octanol–water partition coefficient (Wildman–Crippen LogP) is 7.24. The van der Waals surface area contributed by atoms with Gasteiger partial charge in [-0.15, -0.1) is 0 Å². The third-order valence-electron chi connectivity index (χ3n) is 8.97. The number of hydrogen-bond donors (Lipinski definition) is 2. The van der Waals surface area contributed by atoms with E-state index in [0.717, 1.165) is 36.0 Å². The molecule has 2 N–H and O–H groups in total. The van der Waals surface area contributed by atoms with Gasteiger partial charge in [0.15, 0.2) is 28.5 Å². The van der Waals surface area contributed by atoms with E-state index in [1.54, 1.807) is 30.6 Å². The number of nitrogens with zero attached hydrogens (tertiary/aromatic N) is 4. The van der Waals surface area contributed by atoms with E-state index in [1.807, 2.05) is 89.5 Å². The quantitative estimate of drug-likeness (QED) is 0.120. The SMILES string of the molecule is COc1ccc(C(OCC2(n3cnc4c(NC(=O)c5ccccc5)ncnc43)C=CCCC2)(c2ccccc2)c2ccccc2)cc1O. The minimum absolute atomic E-state index is 0.0181. The lowest BCUT2D eigenvalue weighted by atomic mass is 9.79. The first-order valence-electron chi connectivity index (χ1n) is 15.9. The van der Waals surface area contributed by atoms with Crippen LogP contribution in [0.5, 0.6) is 11.5 Å². The molecule has 2 aromatic heterocycles. The van der Waals surface area contributed by atoms with Crippen LogP contribution in [-0.2, 0) is 15.9 Å². The fourth-order valence-corrected chi connectivity index (χ4v) is 6.56. The number of ether oxygens (including phenoxy) is 2. The number of rotatable bonds is 10. The van der Waals surface area contributed by atoms with Crippen molar-refractivity contribution in [2.75, 3.05) is 19.0 Å². The zero-order valence-electron chi connectivity index (χ0n) is 26.5. The van der Waals surface area contributed by atoms with E-state index in [9.17, 15) is 9.90 Å². The molecule has 7 rings (SSSR count). The van der Waals surface area contributed by atoms with Crippen molar-refractivity contribution < 1.29 is 19.4 Å². The molecule has 9 heteroatoms. The maximum atomic E-state index is 13.0. The topological polar surface area (TPSA) is 111 Å². The summed E-state index contributed by atoms with van der Waals surface area (Å²) in [5.41, 5.74) is 2.35. The molecule has 0 bridgehead atoms. The monoisotopic (exact) mass is 637 g/mol. The highest BCUT2D eigenvalue weighted by Crippen LogP contribution is 2.45. The Morgan fingerprint density at radius 3 is 2.21 bits per heavy atom. The minimum Gasteiger partial charge on any atom is -0.504 e. The highest BCUT2D eigenvalue weighted by Gasteiger charge is 2.42. The number of phenolic OH excluding ortho intramolecular Hbond substituents is 1. The van der Waals surface area contributed by atoms with Gasteiger partial charge in [-0.2, -0.15) is 0 Å². The van der Waals surface area contributed by atoms with Crippen molar-refractivity contribution in [2.45, 2.75) is 30.4 Å². The Morgan fingerprint density at radius 1 is 0.896 bits per heavy atom. The van der Waals surface area contributed by atoms with Crippen molar-refractivity contribution in [1.82, 2.24) is 19.5 Å². The summed E-state index contributed by atoms with van der Waals surface area (Å²) in [6, 6.07) is 34.5. The molecule has 6 aromatic rings. The van der Waals surface area contributed by atoms with E-state index in [1.165, 1.54) is 13.4 Å². The fraction of sp³-hybridized carbons (Fsp3) is 0.179. The van der Waals surface area contributed by atoms with E-state index in [0.29, 0.717) is 28.3 Å². The molecule has 0 fully saturated rings. The number of fused-ring (bicyclic) bond motifs is 1. The van der Waals surface area contributed by atoms with E-state index in [-0.39, 0.29) is 18.3 Å². The summed E-state index contributed by atoms with van der Waals surface area (Å²) in [4.78, 5) is 26.8. The van der Waals surface area contributed by atoms with Crippen LogP contribution in [-0.4, -0.2) is 44.2 Å². The standard InChI is InChI=1S/C39H35N5O4/c1-47-33-21-20-31(24-32(33)45)39(29-16-8-3-9-17-29,30-18-10-4-11-19-30)48-25-38(22-12-5-13-23-38)44-27-42-34-35(40-26-41-36(34)44)43-37(46)28-14-6-2-7-15-28/h2-4,6-12,14-22,24,26-27,45H,5,13,23,25H2,1H3,(H,40,41,43,46). The first-order chi connectivity index (χ1) is 23.5. The zero-order valence-corrected chi connectivity index (χ0v) is 26.5. The Kier molecular flexibility index (Phi) is 8.44. The second-order valence-corrected chi connectivity index (χ2v) is 11.8. The molecule has 0 saturated carbocycles. The molecule has 0 spiro atoms. The minimum atomic E-state index is -1.11. The second-order valence-electron chi connectivity index (χ2n) is 11.8. The van der Waals surface area contributed by atoms with E-state index in [4.69, 9.17) is 14.5 Å². The molecule has 1 atom stereocenters. The summed E-state index contributed by atoms with van der Waals surface area (Å²) in [5.74, 6) is 0.448. The number of anilines is 1. The Labute approximate surface area is 278 Å². The Morgan fingerprint density at radius 2 is 1.58 bits per heavy atom. The molecule has 1 amide bonds. The van der Waals surface area contributed by atoms with Crippen molar-refractivity contribution in [2.24, 2.45) is 0 Å². The molecule has 0 aliphatic heterocycles. The smallest absolute Gasteiger partial charge is 0.256 e. The normalized spacial score (nSPS) is 16.1. The van der Waals surface area contributed by atoms with Gasteiger partial charge in [-0.25, -0.2) is 15.0 Å². The number of carbonyl (C=O) groups excluding carboxylic acids is 1. The van der Waals surface area contributed by atoms with Crippen molar-refractivity contribution in [3.63, 3.8) is 0 Å². The number of hydrogen-bond acceptors (Lipinski definition) is 7. The number of phenols is 1. The molecule has 240 valence electrons. The molecule has 48 heavy (non-hydrogen) atoms. The summed E-state index contributed by atoms with van der Waals surface area (Å²) in [7, 11) is 1.53. The number of nitrogens with one attached hydrogen (secondary N) is 1. The highest BCUT2D eigenvalue weighted by molar-refractivity contribution is 6.06. The molecule has 1 aliphatic rings. The molecule has 4 aromatic carbocycles.